The summed E-state index contributed by atoms with van der Waals surface area (Å²) < 4.78 is 56.4. The number of halogens is 4. The van der Waals surface area contributed by atoms with Crippen LogP contribution >= 0.6 is 0 Å². The van der Waals surface area contributed by atoms with Gasteiger partial charge in [-0.25, -0.2) is 9.18 Å². The number of fused-ring (bicyclic) bond motifs is 1. The zero-order valence-electron chi connectivity index (χ0n) is 15.1. The van der Waals surface area contributed by atoms with Gasteiger partial charge in [-0.15, -0.1) is 0 Å². The lowest BCUT2D eigenvalue weighted by atomic mass is 10.1. The summed E-state index contributed by atoms with van der Waals surface area (Å²) in [6.07, 6.45) is -4.48. The molecular weight excluding hydrogens is 362 g/mol. The van der Waals surface area contributed by atoms with Crippen molar-refractivity contribution in [1.82, 2.24) is 4.98 Å². The molecule has 0 spiro atoms. The van der Waals surface area contributed by atoms with Crippen molar-refractivity contribution in [3.63, 3.8) is 0 Å². The van der Waals surface area contributed by atoms with E-state index in [4.69, 9.17) is 0 Å². The molecule has 0 aliphatic heterocycles. The van der Waals surface area contributed by atoms with Crippen LogP contribution in [0.2, 0.25) is 0 Å². The Bertz CT molecular complexity index is 945. The Morgan fingerprint density at radius 3 is 2.37 bits per heavy atom. The highest BCUT2D eigenvalue weighted by Crippen LogP contribution is 2.30. The van der Waals surface area contributed by atoms with Gasteiger partial charge < -0.3 is 9.72 Å². The average Bonchev–Trinajstić information content (AvgIpc) is 3.05. The third-order valence-electron chi connectivity index (χ3n) is 3.86. The first-order chi connectivity index (χ1) is 12.8. The molecule has 7 heteroatoms. The molecule has 0 aliphatic carbocycles. The van der Waals surface area contributed by atoms with Crippen LogP contribution in [0.4, 0.5) is 17.6 Å². The van der Waals surface area contributed by atoms with Gasteiger partial charge in [0.1, 0.15) is 5.82 Å². The quantitative estimate of drug-likeness (QED) is 0.465. The molecule has 1 aromatic heterocycles. The molecular formula is C20H19F4NO2. The molecule has 144 valence electrons. The van der Waals surface area contributed by atoms with Crippen molar-refractivity contribution in [3.8, 4) is 0 Å². The zero-order valence-corrected chi connectivity index (χ0v) is 15.1. The first-order valence-corrected chi connectivity index (χ1v) is 8.33. The molecule has 0 atom stereocenters. The van der Waals surface area contributed by atoms with Crippen LogP contribution in [0.1, 0.15) is 41.0 Å². The minimum Gasteiger partial charge on any atom is -0.465 e. The summed E-state index contributed by atoms with van der Waals surface area (Å²) in [4.78, 5) is 14.6. The third kappa shape index (κ3) is 4.67. The van der Waals surface area contributed by atoms with Crippen molar-refractivity contribution in [2.24, 2.45) is 0 Å². The molecule has 1 N–H and O–H groups in total. The van der Waals surface area contributed by atoms with Crippen molar-refractivity contribution in [1.29, 1.82) is 0 Å². The fourth-order valence-corrected chi connectivity index (χ4v) is 2.60. The number of H-pyrrole nitrogens is 1. The van der Waals surface area contributed by atoms with Crippen LogP contribution in [0.5, 0.6) is 0 Å². The summed E-state index contributed by atoms with van der Waals surface area (Å²) in [5, 5.41) is 0.727. The fraction of sp³-hybridized carbons (Fsp3) is 0.250. The summed E-state index contributed by atoms with van der Waals surface area (Å²) >= 11 is 0. The number of carbonyl (C=O) groups excluding carboxylic acids is 1. The van der Waals surface area contributed by atoms with Crippen LogP contribution in [-0.4, -0.2) is 18.1 Å². The first kappa shape index (κ1) is 20.5. The Morgan fingerprint density at radius 1 is 1.07 bits per heavy atom. The number of carbonyl (C=O) groups is 1. The van der Waals surface area contributed by atoms with Crippen LogP contribution in [-0.2, 0) is 17.3 Å². The number of nitrogens with one attached hydrogen (secondary N) is 1. The number of esters is 1. The predicted octanol–water partition coefficient (Wildman–Crippen LogP) is 5.73. The summed E-state index contributed by atoms with van der Waals surface area (Å²) in [5.41, 5.74) is 0.854. The number of alkyl halides is 3. The maximum Gasteiger partial charge on any atom is 0.416 e. The van der Waals surface area contributed by atoms with Crippen LogP contribution in [0.15, 0.2) is 42.5 Å². The van der Waals surface area contributed by atoms with Gasteiger partial charge in [0.25, 0.3) is 0 Å². The summed E-state index contributed by atoms with van der Waals surface area (Å²) in [6.45, 7) is 4.00. The number of aromatic amines is 1. The average molecular weight is 381 g/mol. The standard InChI is InChI=1S/C18H13F4NO2.C2H6/c1-25-17(24)11-3-5-16-12(6-11)8-14(23-16)7-10-2-4-13(9-15(10)19)18(20,21)22;1-2/h2-6,8-9,23H,7H2,1H3;1-2H3. The van der Waals surface area contributed by atoms with Crippen molar-refractivity contribution in [2.45, 2.75) is 26.4 Å². The Hall–Kier alpha value is -2.83. The van der Waals surface area contributed by atoms with E-state index >= 15 is 0 Å². The minimum absolute atomic E-state index is 0.103. The fourth-order valence-electron chi connectivity index (χ4n) is 2.60. The molecule has 0 unspecified atom stereocenters. The molecule has 3 rings (SSSR count). The summed E-state index contributed by atoms with van der Waals surface area (Å²) in [6, 6.07) is 9.11. The Balaban J connectivity index is 0.00000126. The molecule has 1 heterocycles. The van der Waals surface area contributed by atoms with Gasteiger partial charge in [-0.3, -0.25) is 0 Å². The third-order valence-corrected chi connectivity index (χ3v) is 3.86. The molecule has 0 fully saturated rings. The number of ether oxygens (including phenoxy) is 1. The highest BCUT2D eigenvalue weighted by atomic mass is 19.4. The molecule has 0 saturated carbocycles. The maximum atomic E-state index is 14.0. The van der Waals surface area contributed by atoms with E-state index in [1.807, 2.05) is 13.8 Å². The zero-order chi connectivity index (χ0) is 20.2. The highest BCUT2D eigenvalue weighted by Gasteiger charge is 2.31. The monoisotopic (exact) mass is 381 g/mol. The van der Waals surface area contributed by atoms with Crippen LogP contribution in [0, 0.1) is 5.82 Å². The van der Waals surface area contributed by atoms with Crippen LogP contribution in [0.25, 0.3) is 10.9 Å². The molecule has 2 aromatic carbocycles. The van der Waals surface area contributed by atoms with Crippen molar-refractivity contribution >= 4 is 16.9 Å². The van der Waals surface area contributed by atoms with Gasteiger partial charge in [0, 0.05) is 23.0 Å². The number of hydrogen-bond donors (Lipinski definition) is 1. The van der Waals surface area contributed by atoms with E-state index in [1.54, 1.807) is 24.3 Å². The van der Waals surface area contributed by atoms with Crippen molar-refractivity contribution in [2.75, 3.05) is 7.11 Å². The predicted molar refractivity (Wildman–Crippen MR) is 95.2 cm³/mol. The number of rotatable bonds is 3. The number of hydrogen-bond acceptors (Lipinski definition) is 2. The molecule has 0 bridgehead atoms. The lowest BCUT2D eigenvalue weighted by Gasteiger charge is -2.08. The molecule has 0 aliphatic rings. The van der Waals surface area contributed by atoms with Gasteiger partial charge in [0.15, 0.2) is 0 Å². The number of benzene rings is 2. The van der Waals surface area contributed by atoms with Gasteiger partial charge in [0.05, 0.1) is 18.2 Å². The number of methoxy groups -OCH3 is 1. The smallest absolute Gasteiger partial charge is 0.416 e. The van der Waals surface area contributed by atoms with Crippen LogP contribution in [0.3, 0.4) is 0 Å². The van der Waals surface area contributed by atoms with Gasteiger partial charge in [0.2, 0.25) is 0 Å². The van der Waals surface area contributed by atoms with Crippen molar-refractivity contribution < 1.29 is 27.1 Å². The molecule has 0 amide bonds. The van der Waals surface area contributed by atoms with Crippen LogP contribution < -0.4 is 0 Å². The number of aromatic nitrogens is 1. The van der Waals surface area contributed by atoms with E-state index in [2.05, 4.69) is 9.72 Å². The molecule has 0 radical (unpaired) electrons. The normalized spacial score (nSPS) is 11.1. The Morgan fingerprint density at radius 2 is 1.78 bits per heavy atom. The van der Waals surface area contributed by atoms with Gasteiger partial charge >= 0.3 is 12.1 Å². The molecule has 3 aromatic rings. The van der Waals surface area contributed by atoms with Crippen molar-refractivity contribution in [3.05, 3.63) is 70.7 Å². The lowest BCUT2D eigenvalue weighted by Crippen LogP contribution is -2.06. The topological polar surface area (TPSA) is 42.1 Å². The minimum atomic E-state index is -4.58. The van der Waals surface area contributed by atoms with E-state index in [-0.39, 0.29) is 12.0 Å². The van der Waals surface area contributed by atoms with Gasteiger partial charge in [-0.2, -0.15) is 13.2 Å². The molecule has 3 nitrogen and oxygen atoms in total. The van der Waals surface area contributed by atoms with E-state index in [0.29, 0.717) is 17.3 Å². The molecule has 27 heavy (non-hydrogen) atoms. The highest BCUT2D eigenvalue weighted by molar-refractivity contribution is 5.94. The van der Waals surface area contributed by atoms with Gasteiger partial charge in [-0.1, -0.05) is 19.9 Å². The Kier molecular flexibility index (Phi) is 6.25. The second-order valence-electron chi connectivity index (χ2n) is 5.57. The summed E-state index contributed by atoms with van der Waals surface area (Å²) in [5.74, 6) is -1.39. The van der Waals surface area contributed by atoms with Gasteiger partial charge in [-0.05, 0) is 42.0 Å². The largest absolute Gasteiger partial charge is 0.465 e. The molecule has 0 saturated heterocycles. The van der Waals surface area contributed by atoms with E-state index in [0.717, 1.165) is 23.0 Å². The summed E-state index contributed by atoms with van der Waals surface area (Å²) in [7, 11) is 1.28. The Labute approximate surface area is 154 Å². The SMILES string of the molecule is CC.COC(=O)c1ccc2[nH]c(Cc3ccc(C(F)(F)F)cc3F)cc2c1. The maximum absolute atomic E-state index is 14.0. The van der Waals surface area contributed by atoms with E-state index in [9.17, 15) is 22.4 Å². The lowest BCUT2D eigenvalue weighted by molar-refractivity contribution is -0.137. The second-order valence-corrected chi connectivity index (χ2v) is 5.57. The second kappa shape index (κ2) is 8.24. The van der Waals surface area contributed by atoms with E-state index in [1.165, 1.54) is 7.11 Å². The van der Waals surface area contributed by atoms with E-state index < -0.39 is 23.5 Å². The first-order valence-electron chi connectivity index (χ1n) is 8.33.